The van der Waals surface area contributed by atoms with Crippen LogP contribution in [0.5, 0.6) is 0 Å². The smallest absolute Gasteiger partial charge is 0.244 e. The number of rotatable bonds is 11. The number of anilines is 1. The number of sulfonamides is 1. The van der Waals surface area contributed by atoms with E-state index in [9.17, 15) is 18.0 Å². The quantitative estimate of drug-likeness (QED) is 0.411. The lowest BCUT2D eigenvalue weighted by atomic mass is 10.1. The fourth-order valence-electron chi connectivity index (χ4n) is 3.20. The summed E-state index contributed by atoms with van der Waals surface area (Å²) >= 11 is 18.3. The molecule has 1 atom stereocenters. The van der Waals surface area contributed by atoms with Crippen molar-refractivity contribution >= 4 is 62.3 Å². The molecule has 7 nitrogen and oxygen atoms in total. The van der Waals surface area contributed by atoms with Gasteiger partial charge in [0, 0.05) is 13.1 Å². The van der Waals surface area contributed by atoms with E-state index in [-0.39, 0.29) is 23.2 Å². The molecule has 2 aromatic carbocycles. The Morgan fingerprint density at radius 3 is 2.29 bits per heavy atom. The van der Waals surface area contributed by atoms with Crippen LogP contribution in [0.15, 0.2) is 42.5 Å². The Bertz CT molecular complexity index is 1130. The van der Waals surface area contributed by atoms with Crippen molar-refractivity contribution in [1.82, 2.24) is 10.2 Å². The van der Waals surface area contributed by atoms with Crippen LogP contribution in [0.2, 0.25) is 15.1 Å². The second-order valence-electron chi connectivity index (χ2n) is 7.81. The first-order valence-corrected chi connectivity index (χ1v) is 13.7. The Kier molecular flexibility index (Phi) is 10.5. The lowest BCUT2D eigenvalue weighted by Crippen LogP contribution is -2.51. The number of nitrogens with one attached hydrogen (secondary N) is 1. The van der Waals surface area contributed by atoms with Gasteiger partial charge < -0.3 is 10.2 Å². The zero-order valence-corrected chi connectivity index (χ0v) is 22.3. The van der Waals surface area contributed by atoms with E-state index in [1.54, 1.807) is 37.3 Å². The number of halogens is 3. The Hall–Kier alpha value is -2.00. The Balaban J connectivity index is 2.38. The zero-order chi connectivity index (χ0) is 25.5. The number of hydrogen-bond donors (Lipinski definition) is 1. The summed E-state index contributed by atoms with van der Waals surface area (Å²) < 4.78 is 26.0. The summed E-state index contributed by atoms with van der Waals surface area (Å²) in [6.07, 6.45) is 2.70. The first-order chi connectivity index (χ1) is 16.0. The Morgan fingerprint density at radius 1 is 1.03 bits per heavy atom. The summed E-state index contributed by atoms with van der Waals surface area (Å²) in [5.41, 5.74) is 0.814. The van der Waals surface area contributed by atoms with Gasteiger partial charge in [0.1, 0.15) is 12.6 Å². The van der Waals surface area contributed by atoms with Gasteiger partial charge in [-0.15, -0.1) is 0 Å². The summed E-state index contributed by atoms with van der Waals surface area (Å²) in [6, 6.07) is 10.4. The molecule has 0 heterocycles. The summed E-state index contributed by atoms with van der Waals surface area (Å²) in [5, 5.41) is 3.66. The van der Waals surface area contributed by atoms with E-state index in [0.29, 0.717) is 22.2 Å². The highest BCUT2D eigenvalue weighted by Gasteiger charge is 2.30. The van der Waals surface area contributed by atoms with Crippen LogP contribution in [0.25, 0.3) is 0 Å². The molecule has 0 aliphatic carbocycles. The van der Waals surface area contributed by atoms with Crippen LogP contribution in [-0.2, 0) is 26.2 Å². The van der Waals surface area contributed by atoms with Crippen LogP contribution in [0.4, 0.5) is 5.69 Å². The van der Waals surface area contributed by atoms with E-state index in [4.69, 9.17) is 34.8 Å². The van der Waals surface area contributed by atoms with Crippen molar-refractivity contribution < 1.29 is 18.0 Å². The number of unbranched alkanes of at least 4 members (excludes halogenated alkanes) is 1. The minimum atomic E-state index is -3.86. The topological polar surface area (TPSA) is 86.8 Å². The first-order valence-electron chi connectivity index (χ1n) is 10.7. The number of hydrogen-bond acceptors (Lipinski definition) is 4. The van der Waals surface area contributed by atoms with Crippen LogP contribution in [0.1, 0.15) is 32.3 Å². The van der Waals surface area contributed by atoms with E-state index < -0.39 is 28.5 Å². The fraction of sp³-hybridized carbons (Fsp3) is 0.391. The van der Waals surface area contributed by atoms with Crippen molar-refractivity contribution in [3.8, 4) is 0 Å². The maximum absolute atomic E-state index is 13.5. The van der Waals surface area contributed by atoms with Gasteiger partial charge in [-0.05, 0) is 43.2 Å². The van der Waals surface area contributed by atoms with Crippen molar-refractivity contribution in [3.63, 3.8) is 0 Å². The van der Waals surface area contributed by atoms with Gasteiger partial charge in [0.25, 0.3) is 0 Å². The summed E-state index contributed by atoms with van der Waals surface area (Å²) in [5.74, 6) is -0.917. The van der Waals surface area contributed by atoms with E-state index >= 15 is 0 Å². The fourth-order valence-corrected chi connectivity index (χ4v) is 4.67. The summed E-state index contributed by atoms with van der Waals surface area (Å²) in [6.45, 7) is 3.57. The van der Waals surface area contributed by atoms with E-state index in [1.807, 2.05) is 6.92 Å². The molecular weight excluding hydrogens is 521 g/mol. The Morgan fingerprint density at radius 2 is 1.71 bits per heavy atom. The number of nitrogens with zero attached hydrogens (tertiary/aromatic N) is 2. The average Bonchev–Trinajstić information content (AvgIpc) is 2.77. The van der Waals surface area contributed by atoms with Crippen molar-refractivity contribution in [2.24, 2.45) is 0 Å². The molecule has 0 aromatic heterocycles. The molecule has 0 aliphatic rings. The van der Waals surface area contributed by atoms with Gasteiger partial charge in [-0.3, -0.25) is 13.9 Å². The standard InChI is InChI=1S/C23H28Cl3N3O4S/c1-4-5-12-27-23(31)16(2)28(14-17-10-11-18(24)20(26)13-17)22(30)15-29(34(3,32)33)21-9-7-6-8-19(21)25/h6-11,13,16H,4-5,12,14-15H2,1-3H3,(H,27,31)/t16-/m1/s1. The van der Waals surface area contributed by atoms with Gasteiger partial charge in [0.15, 0.2) is 0 Å². The van der Waals surface area contributed by atoms with Crippen molar-refractivity contribution in [3.05, 3.63) is 63.1 Å². The SMILES string of the molecule is CCCCNC(=O)[C@@H](C)N(Cc1ccc(Cl)c(Cl)c1)C(=O)CN(c1ccccc1Cl)S(C)(=O)=O. The van der Waals surface area contributed by atoms with Gasteiger partial charge in [0.05, 0.1) is 27.0 Å². The van der Waals surface area contributed by atoms with Crippen LogP contribution >= 0.6 is 34.8 Å². The minimum absolute atomic E-state index is 0.0260. The molecule has 2 rings (SSSR count). The van der Waals surface area contributed by atoms with Crippen molar-refractivity contribution in [1.29, 1.82) is 0 Å². The molecule has 34 heavy (non-hydrogen) atoms. The molecular formula is C23H28Cl3N3O4S. The Labute approximate surface area is 216 Å². The molecule has 0 fully saturated rings. The number of amides is 2. The number of para-hydroxylation sites is 1. The van der Waals surface area contributed by atoms with E-state index in [2.05, 4.69) is 5.32 Å². The maximum Gasteiger partial charge on any atom is 0.244 e. The molecule has 0 saturated heterocycles. The minimum Gasteiger partial charge on any atom is -0.354 e. The van der Waals surface area contributed by atoms with Crippen LogP contribution in [-0.4, -0.2) is 50.5 Å². The molecule has 0 unspecified atom stereocenters. The van der Waals surface area contributed by atoms with Crippen LogP contribution < -0.4 is 9.62 Å². The van der Waals surface area contributed by atoms with Gasteiger partial charge in [-0.25, -0.2) is 8.42 Å². The molecule has 186 valence electrons. The van der Waals surface area contributed by atoms with E-state index in [0.717, 1.165) is 23.4 Å². The number of carbonyl (C=O) groups is 2. The molecule has 2 amide bonds. The first kappa shape index (κ1) is 28.2. The van der Waals surface area contributed by atoms with E-state index in [1.165, 1.54) is 17.0 Å². The molecule has 0 spiro atoms. The van der Waals surface area contributed by atoms with Gasteiger partial charge in [-0.1, -0.05) is 66.3 Å². The van der Waals surface area contributed by atoms with Crippen LogP contribution in [0.3, 0.4) is 0 Å². The predicted octanol–water partition coefficient (Wildman–Crippen LogP) is 4.75. The van der Waals surface area contributed by atoms with Crippen LogP contribution in [0, 0.1) is 0 Å². The lowest BCUT2D eigenvalue weighted by Gasteiger charge is -2.31. The second kappa shape index (κ2) is 12.6. The second-order valence-corrected chi connectivity index (χ2v) is 10.9. The average molecular weight is 549 g/mol. The molecule has 11 heteroatoms. The normalized spacial score (nSPS) is 12.2. The lowest BCUT2D eigenvalue weighted by molar-refractivity contribution is -0.139. The number of benzene rings is 2. The zero-order valence-electron chi connectivity index (χ0n) is 19.2. The third-order valence-electron chi connectivity index (χ3n) is 5.13. The van der Waals surface area contributed by atoms with Crippen molar-refractivity contribution in [2.75, 3.05) is 23.7 Å². The molecule has 0 bridgehead atoms. The summed E-state index contributed by atoms with van der Waals surface area (Å²) in [4.78, 5) is 27.5. The van der Waals surface area contributed by atoms with Crippen molar-refractivity contribution in [2.45, 2.75) is 39.3 Å². The third kappa shape index (κ3) is 7.77. The molecule has 0 saturated carbocycles. The maximum atomic E-state index is 13.5. The molecule has 1 N–H and O–H groups in total. The molecule has 0 radical (unpaired) electrons. The van der Waals surface area contributed by atoms with Gasteiger partial charge >= 0.3 is 0 Å². The highest BCUT2D eigenvalue weighted by atomic mass is 35.5. The highest BCUT2D eigenvalue weighted by molar-refractivity contribution is 7.92. The largest absolute Gasteiger partial charge is 0.354 e. The molecule has 2 aromatic rings. The monoisotopic (exact) mass is 547 g/mol. The highest BCUT2D eigenvalue weighted by Crippen LogP contribution is 2.28. The van der Waals surface area contributed by atoms with Gasteiger partial charge in [-0.2, -0.15) is 0 Å². The third-order valence-corrected chi connectivity index (χ3v) is 7.32. The summed E-state index contributed by atoms with van der Waals surface area (Å²) in [7, 11) is -3.86. The predicted molar refractivity (Wildman–Crippen MR) is 138 cm³/mol. The van der Waals surface area contributed by atoms with Gasteiger partial charge in [0.2, 0.25) is 21.8 Å². The number of carbonyl (C=O) groups excluding carboxylic acids is 2. The molecule has 0 aliphatic heterocycles.